The van der Waals surface area contributed by atoms with Crippen molar-refractivity contribution in [2.24, 2.45) is 11.8 Å². The van der Waals surface area contributed by atoms with Crippen molar-refractivity contribution in [2.45, 2.75) is 68.5 Å². The Hall–Kier alpha value is -4.52. The van der Waals surface area contributed by atoms with Gasteiger partial charge in [0.2, 0.25) is 11.8 Å². The summed E-state index contributed by atoms with van der Waals surface area (Å²) in [6.07, 6.45) is 3.07. The fraction of sp³-hybridized carbons (Fsp3) is 0.474. The Labute approximate surface area is 293 Å². The number of hydrogen-bond acceptors (Lipinski definition) is 9. The number of aliphatic hydroxyl groups is 1. The SMILES string of the molecule is C=CCCC(=O)N[C@H](COC)[C@H](OC(=O)[C@@H]1[C@@H]2CC[C@]3(O2)[C@H](C(=O)N(CC=C)c2ccc(OC)cc2)N([C@H](C)CO)C(=O)[C@@H]13)c1ccccc1. The number of carbonyl (C=O) groups is 4. The van der Waals surface area contributed by atoms with Crippen molar-refractivity contribution in [2.75, 3.05) is 38.9 Å². The smallest absolute Gasteiger partial charge is 0.313 e. The molecule has 1 spiro atoms. The zero-order valence-electron chi connectivity index (χ0n) is 28.9. The molecule has 0 radical (unpaired) electrons. The summed E-state index contributed by atoms with van der Waals surface area (Å²) in [5, 5.41) is 13.2. The highest BCUT2D eigenvalue weighted by Crippen LogP contribution is 2.59. The average molecular weight is 690 g/mol. The molecule has 5 rings (SSSR count). The lowest BCUT2D eigenvalue weighted by Crippen LogP contribution is -2.58. The number of nitrogens with one attached hydrogen (secondary N) is 1. The van der Waals surface area contributed by atoms with Crippen LogP contribution in [0.5, 0.6) is 5.75 Å². The average Bonchev–Trinajstić information content (AvgIpc) is 3.79. The van der Waals surface area contributed by atoms with E-state index in [1.54, 1.807) is 74.7 Å². The molecule has 3 aliphatic rings. The first kappa shape index (κ1) is 36.8. The Balaban J connectivity index is 1.49. The molecule has 0 aromatic heterocycles. The second kappa shape index (κ2) is 16.0. The van der Waals surface area contributed by atoms with E-state index >= 15 is 0 Å². The van der Waals surface area contributed by atoms with Crippen LogP contribution in [0.15, 0.2) is 79.9 Å². The third kappa shape index (κ3) is 6.92. The molecule has 12 nitrogen and oxygen atoms in total. The highest BCUT2D eigenvalue weighted by Gasteiger charge is 2.75. The monoisotopic (exact) mass is 689 g/mol. The van der Waals surface area contributed by atoms with E-state index in [1.807, 2.05) is 6.07 Å². The van der Waals surface area contributed by atoms with Gasteiger partial charge in [-0.3, -0.25) is 19.2 Å². The van der Waals surface area contributed by atoms with Gasteiger partial charge in [0.25, 0.3) is 5.91 Å². The molecule has 3 amide bonds. The van der Waals surface area contributed by atoms with Crippen molar-refractivity contribution in [3.8, 4) is 5.75 Å². The number of methoxy groups -OCH3 is 2. The van der Waals surface area contributed by atoms with Gasteiger partial charge in [-0.2, -0.15) is 0 Å². The number of aliphatic hydroxyl groups excluding tert-OH is 1. The van der Waals surface area contributed by atoms with Gasteiger partial charge in [0.1, 0.15) is 23.5 Å². The number of likely N-dealkylation sites (tertiary alicyclic amines) is 1. The van der Waals surface area contributed by atoms with E-state index < -0.39 is 72.2 Å². The van der Waals surface area contributed by atoms with Crippen molar-refractivity contribution in [1.82, 2.24) is 10.2 Å². The molecule has 3 aliphatic heterocycles. The number of carbonyl (C=O) groups excluding carboxylic acids is 4. The lowest BCUT2D eigenvalue weighted by atomic mass is 9.70. The van der Waals surface area contributed by atoms with Crippen LogP contribution in [0.4, 0.5) is 5.69 Å². The normalized spacial score (nSPS) is 25.3. The molecule has 3 heterocycles. The first-order valence-electron chi connectivity index (χ1n) is 17.0. The fourth-order valence-electron chi connectivity index (χ4n) is 7.69. The molecule has 2 N–H and O–H groups in total. The first-order valence-corrected chi connectivity index (χ1v) is 17.0. The van der Waals surface area contributed by atoms with Gasteiger partial charge in [-0.15, -0.1) is 13.2 Å². The Morgan fingerprint density at radius 3 is 2.46 bits per heavy atom. The number of ether oxygens (including phenoxy) is 4. The Morgan fingerprint density at radius 2 is 1.84 bits per heavy atom. The molecule has 8 atom stereocenters. The quantitative estimate of drug-likeness (QED) is 0.189. The molecule has 3 saturated heterocycles. The molecule has 0 saturated carbocycles. The second-order valence-corrected chi connectivity index (χ2v) is 13.0. The Morgan fingerprint density at radius 1 is 1.12 bits per heavy atom. The number of rotatable bonds is 17. The summed E-state index contributed by atoms with van der Waals surface area (Å²) in [6.45, 7) is 8.98. The molecule has 268 valence electrons. The number of fused-ring (bicyclic) bond motifs is 1. The topological polar surface area (TPSA) is 144 Å². The van der Waals surface area contributed by atoms with Crippen molar-refractivity contribution < 1.29 is 43.2 Å². The summed E-state index contributed by atoms with van der Waals surface area (Å²) in [4.78, 5) is 59.3. The van der Waals surface area contributed by atoms with Gasteiger partial charge >= 0.3 is 5.97 Å². The van der Waals surface area contributed by atoms with Crippen LogP contribution in [-0.4, -0.2) is 97.5 Å². The number of nitrogens with zero attached hydrogens (tertiary/aromatic N) is 2. The molecule has 0 aliphatic carbocycles. The molecule has 2 aromatic carbocycles. The predicted octanol–water partition coefficient (Wildman–Crippen LogP) is 3.35. The molecule has 2 bridgehead atoms. The van der Waals surface area contributed by atoms with Crippen LogP contribution in [0.1, 0.15) is 44.3 Å². The first-order chi connectivity index (χ1) is 24.1. The minimum atomic E-state index is -1.33. The van der Waals surface area contributed by atoms with Gasteiger partial charge in [-0.05, 0) is 56.0 Å². The third-order valence-electron chi connectivity index (χ3n) is 9.95. The maximum absolute atomic E-state index is 14.7. The Kier molecular flexibility index (Phi) is 11.8. The van der Waals surface area contributed by atoms with Crippen LogP contribution in [0.2, 0.25) is 0 Å². The molecule has 2 aromatic rings. The van der Waals surface area contributed by atoms with E-state index in [-0.39, 0.29) is 25.5 Å². The molecule has 12 heteroatoms. The molecule has 50 heavy (non-hydrogen) atoms. The van der Waals surface area contributed by atoms with E-state index in [0.717, 1.165) is 0 Å². The number of hydrogen-bond donors (Lipinski definition) is 2. The van der Waals surface area contributed by atoms with Crippen molar-refractivity contribution in [3.05, 3.63) is 85.5 Å². The number of amides is 3. The second-order valence-electron chi connectivity index (χ2n) is 13.0. The van der Waals surface area contributed by atoms with E-state index in [0.29, 0.717) is 36.3 Å². The minimum Gasteiger partial charge on any atom is -0.497 e. The minimum absolute atomic E-state index is 0.0480. The van der Waals surface area contributed by atoms with Crippen LogP contribution >= 0.6 is 0 Å². The maximum Gasteiger partial charge on any atom is 0.313 e. The maximum atomic E-state index is 14.7. The molecular formula is C38H47N3O9. The molecule has 0 unspecified atom stereocenters. The lowest BCUT2D eigenvalue weighted by Gasteiger charge is -2.38. The summed E-state index contributed by atoms with van der Waals surface area (Å²) in [5.74, 6) is -3.24. The van der Waals surface area contributed by atoms with E-state index in [1.165, 1.54) is 16.9 Å². The largest absolute Gasteiger partial charge is 0.497 e. The number of esters is 1. The molecule has 3 fully saturated rings. The third-order valence-corrected chi connectivity index (χ3v) is 9.95. The Bertz CT molecular complexity index is 1550. The van der Waals surface area contributed by atoms with Gasteiger partial charge in [-0.1, -0.05) is 42.5 Å². The fourth-order valence-corrected chi connectivity index (χ4v) is 7.69. The van der Waals surface area contributed by atoms with Gasteiger partial charge in [0.15, 0.2) is 0 Å². The number of benzene rings is 2. The highest BCUT2D eigenvalue weighted by atomic mass is 16.6. The van der Waals surface area contributed by atoms with E-state index in [9.17, 15) is 24.3 Å². The van der Waals surface area contributed by atoms with Crippen LogP contribution in [-0.2, 0) is 33.4 Å². The van der Waals surface area contributed by atoms with Gasteiger partial charge in [0, 0.05) is 25.8 Å². The van der Waals surface area contributed by atoms with Crippen LogP contribution in [0.25, 0.3) is 0 Å². The van der Waals surface area contributed by atoms with E-state index in [4.69, 9.17) is 18.9 Å². The summed E-state index contributed by atoms with van der Waals surface area (Å²) in [7, 11) is 3.04. The molecular weight excluding hydrogens is 642 g/mol. The van der Waals surface area contributed by atoms with Crippen molar-refractivity contribution >= 4 is 29.4 Å². The number of allylic oxidation sites excluding steroid dienone is 1. The lowest BCUT2D eigenvalue weighted by molar-refractivity contribution is -0.163. The highest BCUT2D eigenvalue weighted by molar-refractivity contribution is 6.04. The van der Waals surface area contributed by atoms with E-state index in [2.05, 4.69) is 18.5 Å². The zero-order chi connectivity index (χ0) is 36.0. The standard InChI is InChI=1S/C38H47N3O9/c1-6-8-14-30(43)39-28(23-47-4)33(25-12-10-9-11-13-25)49-37(46)31-29-19-20-38(50-29)32(31)35(44)41(24(3)22-42)34(38)36(45)40(21-7-2)26-15-17-27(48-5)18-16-26/h6-7,9-13,15-18,24,28-29,31-34,42H,1-2,8,14,19-23H2,3-5H3,(H,39,43)/t24-,28-,29+,31-,32-,33-,34+,38-/m1/s1. The zero-order valence-corrected chi connectivity index (χ0v) is 28.9. The van der Waals surface area contributed by atoms with Crippen molar-refractivity contribution in [3.63, 3.8) is 0 Å². The van der Waals surface area contributed by atoms with Gasteiger partial charge < -0.3 is 39.2 Å². The van der Waals surface area contributed by atoms with Crippen molar-refractivity contribution in [1.29, 1.82) is 0 Å². The summed E-state index contributed by atoms with van der Waals surface area (Å²) in [6, 6.07) is 13.4. The van der Waals surface area contributed by atoms with Gasteiger partial charge in [-0.25, -0.2) is 0 Å². The number of anilines is 1. The van der Waals surface area contributed by atoms with Crippen LogP contribution < -0.4 is 15.0 Å². The van der Waals surface area contributed by atoms with Crippen LogP contribution in [0.3, 0.4) is 0 Å². The summed E-state index contributed by atoms with van der Waals surface area (Å²) in [5.41, 5.74) is -0.134. The van der Waals surface area contributed by atoms with Crippen LogP contribution in [0, 0.1) is 11.8 Å². The summed E-state index contributed by atoms with van der Waals surface area (Å²) >= 11 is 0. The van der Waals surface area contributed by atoms with Gasteiger partial charge in [0.05, 0.1) is 50.3 Å². The predicted molar refractivity (Wildman–Crippen MR) is 185 cm³/mol. The summed E-state index contributed by atoms with van der Waals surface area (Å²) < 4.78 is 23.6.